The van der Waals surface area contributed by atoms with Crippen molar-refractivity contribution < 1.29 is 4.79 Å². The standard InChI is InChI=1S/C22H24N4O.ClH/c27-22(25-14-16-12-23-13-17(16)15-25)11-10-21-24-19-8-4-5-9-20(19)26(21)18-6-2-1-3-7-18;/h1-9,16-17,23H,10-15H2;1H/t16-,17+;. The molecule has 2 atom stereocenters. The van der Waals surface area contributed by atoms with Gasteiger partial charge in [-0.05, 0) is 36.1 Å². The summed E-state index contributed by atoms with van der Waals surface area (Å²) in [6, 6.07) is 18.5. The van der Waals surface area contributed by atoms with Crippen LogP contribution < -0.4 is 5.32 Å². The number of nitrogens with one attached hydrogen (secondary N) is 1. The fourth-order valence-electron chi connectivity index (χ4n) is 4.54. The van der Waals surface area contributed by atoms with Crippen LogP contribution in [0.2, 0.25) is 0 Å². The highest BCUT2D eigenvalue weighted by atomic mass is 35.5. The highest BCUT2D eigenvalue weighted by Crippen LogP contribution is 2.27. The van der Waals surface area contributed by atoms with Crippen molar-refractivity contribution in [3.63, 3.8) is 0 Å². The van der Waals surface area contributed by atoms with Crippen LogP contribution in [-0.4, -0.2) is 46.5 Å². The van der Waals surface area contributed by atoms with E-state index < -0.39 is 0 Å². The molecule has 2 fully saturated rings. The number of rotatable bonds is 4. The molecule has 2 saturated heterocycles. The Morgan fingerprint density at radius 1 is 1.00 bits per heavy atom. The third-order valence-electron chi connectivity index (χ3n) is 5.95. The van der Waals surface area contributed by atoms with Gasteiger partial charge in [-0.1, -0.05) is 30.3 Å². The zero-order valence-electron chi connectivity index (χ0n) is 15.8. The lowest BCUT2D eigenvalue weighted by Gasteiger charge is -2.17. The number of para-hydroxylation sites is 3. The van der Waals surface area contributed by atoms with E-state index >= 15 is 0 Å². The van der Waals surface area contributed by atoms with Gasteiger partial charge in [-0.2, -0.15) is 0 Å². The Morgan fingerprint density at radius 3 is 2.43 bits per heavy atom. The number of imidazole rings is 1. The molecule has 1 aromatic heterocycles. The van der Waals surface area contributed by atoms with Gasteiger partial charge >= 0.3 is 0 Å². The molecular weight excluding hydrogens is 372 g/mol. The number of amides is 1. The minimum atomic E-state index is 0. The summed E-state index contributed by atoms with van der Waals surface area (Å²) in [6.07, 6.45) is 1.18. The van der Waals surface area contributed by atoms with Crippen molar-refractivity contribution in [2.75, 3.05) is 26.2 Å². The lowest BCUT2D eigenvalue weighted by molar-refractivity contribution is -0.130. The first kappa shape index (κ1) is 19.0. The molecule has 1 N–H and O–H groups in total. The maximum atomic E-state index is 12.8. The predicted molar refractivity (Wildman–Crippen MR) is 113 cm³/mol. The molecular formula is C22H25ClN4O. The molecule has 0 spiro atoms. The van der Waals surface area contributed by atoms with Gasteiger partial charge in [-0.25, -0.2) is 4.98 Å². The minimum absolute atomic E-state index is 0. The quantitative estimate of drug-likeness (QED) is 0.737. The first-order chi connectivity index (χ1) is 13.3. The second-order valence-electron chi connectivity index (χ2n) is 7.66. The number of carbonyl (C=O) groups excluding carboxylic acids is 1. The number of halogens is 1. The molecule has 5 nitrogen and oxygen atoms in total. The number of aromatic nitrogens is 2. The van der Waals surface area contributed by atoms with Crippen molar-refractivity contribution in [1.82, 2.24) is 19.8 Å². The smallest absolute Gasteiger partial charge is 0.223 e. The lowest BCUT2D eigenvalue weighted by atomic mass is 10.0. The Labute approximate surface area is 171 Å². The molecule has 0 aliphatic carbocycles. The van der Waals surface area contributed by atoms with Crippen molar-refractivity contribution in [2.24, 2.45) is 11.8 Å². The molecule has 1 amide bonds. The second-order valence-corrected chi connectivity index (χ2v) is 7.66. The molecule has 5 rings (SSSR count). The summed E-state index contributed by atoms with van der Waals surface area (Å²) in [5.41, 5.74) is 3.16. The Balaban J connectivity index is 0.00000192. The van der Waals surface area contributed by atoms with Crippen LogP contribution in [-0.2, 0) is 11.2 Å². The average Bonchev–Trinajstić information content (AvgIpc) is 3.39. The van der Waals surface area contributed by atoms with Crippen molar-refractivity contribution in [3.8, 4) is 5.69 Å². The summed E-state index contributed by atoms with van der Waals surface area (Å²) in [5, 5.41) is 3.43. The van der Waals surface area contributed by atoms with Gasteiger partial charge in [0.15, 0.2) is 0 Å². The summed E-state index contributed by atoms with van der Waals surface area (Å²) < 4.78 is 2.19. The van der Waals surface area contributed by atoms with Gasteiger partial charge in [0.05, 0.1) is 11.0 Å². The summed E-state index contributed by atoms with van der Waals surface area (Å²) in [7, 11) is 0. The summed E-state index contributed by atoms with van der Waals surface area (Å²) in [6.45, 7) is 3.92. The van der Waals surface area contributed by atoms with Gasteiger partial charge in [-0.3, -0.25) is 9.36 Å². The Morgan fingerprint density at radius 2 is 1.68 bits per heavy atom. The number of likely N-dealkylation sites (tertiary alicyclic amines) is 1. The maximum absolute atomic E-state index is 12.8. The van der Waals surface area contributed by atoms with Gasteiger partial charge in [0.25, 0.3) is 0 Å². The summed E-state index contributed by atoms with van der Waals surface area (Å²) in [4.78, 5) is 19.7. The molecule has 6 heteroatoms. The van der Waals surface area contributed by atoms with E-state index in [1.54, 1.807) is 0 Å². The molecule has 2 aliphatic rings. The van der Waals surface area contributed by atoms with Gasteiger partial charge in [0, 0.05) is 44.7 Å². The zero-order valence-corrected chi connectivity index (χ0v) is 16.6. The number of benzene rings is 2. The van der Waals surface area contributed by atoms with Crippen molar-refractivity contribution in [1.29, 1.82) is 0 Å². The number of nitrogens with zero attached hydrogens (tertiary/aromatic N) is 3. The van der Waals surface area contributed by atoms with E-state index in [0.717, 1.165) is 48.7 Å². The Kier molecular flexibility index (Phi) is 5.38. The van der Waals surface area contributed by atoms with Gasteiger partial charge < -0.3 is 10.2 Å². The number of hydrogen-bond donors (Lipinski definition) is 1. The van der Waals surface area contributed by atoms with Gasteiger partial charge in [0.2, 0.25) is 5.91 Å². The zero-order chi connectivity index (χ0) is 18.2. The fraction of sp³-hybridized carbons (Fsp3) is 0.364. The molecule has 146 valence electrons. The molecule has 3 aromatic rings. The number of fused-ring (bicyclic) bond motifs is 2. The van der Waals surface area contributed by atoms with Crippen molar-refractivity contribution >= 4 is 29.3 Å². The van der Waals surface area contributed by atoms with Crippen LogP contribution in [0.5, 0.6) is 0 Å². The van der Waals surface area contributed by atoms with E-state index in [0.29, 0.717) is 24.7 Å². The van der Waals surface area contributed by atoms with Crippen LogP contribution >= 0.6 is 12.4 Å². The van der Waals surface area contributed by atoms with Crippen LogP contribution in [0.15, 0.2) is 54.6 Å². The van der Waals surface area contributed by atoms with E-state index in [-0.39, 0.29) is 18.3 Å². The monoisotopic (exact) mass is 396 g/mol. The van der Waals surface area contributed by atoms with E-state index in [4.69, 9.17) is 4.98 Å². The van der Waals surface area contributed by atoms with Crippen LogP contribution in [0.25, 0.3) is 16.7 Å². The van der Waals surface area contributed by atoms with E-state index in [1.165, 1.54) is 0 Å². The Bertz CT molecular complexity index is 959. The third-order valence-corrected chi connectivity index (χ3v) is 5.95. The number of aryl methyl sites for hydroxylation is 1. The normalized spacial score (nSPS) is 20.9. The predicted octanol–water partition coefficient (Wildman–Crippen LogP) is 3.06. The second kappa shape index (κ2) is 7.94. The molecule has 2 aromatic carbocycles. The van der Waals surface area contributed by atoms with Crippen LogP contribution in [0, 0.1) is 11.8 Å². The SMILES string of the molecule is Cl.O=C(CCc1nc2ccccc2n1-c1ccccc1)N1C[C@H]2CNC[C@H]2C1. The molecule has 2 aliphatic heterocycles. The van der Waals surface area contributed by atoms with E-state index in [2.05, 4.69) is 33.0 Å². The number of carbonyl (C=O) groups is 1. The highest BCUT2D eigenvalue weighted by Gasteiger charge is 2.37. The largest absolute Gasteiger partial charge is 0.342 e. The van der Waals surface area contributed by atoms with Crippen LogP contribution in [0.4, 0.5) is 0 Å². The summed E-state index contributed by atoms with van der Waals surface area (Å²) in [5.74, 6) is 2.50. The van der Waals surface area contributed by atoms with Crippen molar-refractivity contribution in [2.45, 2.75) is 12.8 Å². The molecule has 3 heterocycles. The van der Waals surface area contributed by atoms with Crippen LogP contribution in [0.3, 0.4) is 0 Å². The summed E-state index contributed by atoms with van der Waals surface area (Å²) >= 11 is 0. The maximum Gasteiger partial charge on any atom is 0.223 e. The lowest BCUT2D eigenvalue weighted by Crippen LogP contribution is -2.32. The van der Waals surface area contributed by atoms with Gasteiger partial charge in [0.1, 0.15) is 5.82 Å². The molecule has 0 saturated carbocycles. The molecule has 0 radical (unpaired) electrons. The first-order valence-electron chi connectivity index (χ1n) is 9.80. The molecule has 28 heavy (non-hydrogen) atoms. The fourth-order valence-corrected chi connectivity index (χ4v) is 4.54. The highest BCUT2D eigenvalue weighted by molar-refractivity contribution is 5.85. The average molecular weight is 397 g/mol. The van der Waals surface area contributed by atoms with Crippen LogP contribution in [0.1, 0.15) is 12.2 Å². The first-order valence-corrected chi connectivity index (χ1v) is 9.80. The Hall–Kier alpha value is -2.37. The van der Waals surface area contributed by atoms with Gasteiger partial charge in [-0.15, -0.1) is 12.4 Å². The minimum Gasteiger partial charge on any atom is -0.342 e. The molecule has 0 bridgehead atoms. The van der Waals surface area contributed by atoms with E-state index in [1.807, 2.05) is 36.4 Å². The van der Waals surface area contributed by atoms with E-state index in [9.17, 15) is 4.79 Å². The third kappa shape index (κ3) is 3.40. The topological polar surface area (TPSA) is 50.2 Å². The molecule has 0 unspecified atom stereocenters. The van der Waals surface area contributed by atoms with Crippen molar-refractivity contribution in [3.05, 3.63) is 60.4 Å². The number of hydrogen-bond acceptors (Lipinski definition) is 3.